The van der Waals surface area contributed by atoms with Crippen molar-refractivity contribution < 1.29 is 23.8 Å². The number of rotatable bonds is 9. The molecule has 3 rings (SSSR count). The minimum Gasteiger partial charge on any atom is -0.492 e. The van der Waals surface area contributed by atoms with Crippen molar-refractivity contribution in [1.29, 1.82) is 0 Å². The van der Waals surface area contributed by atoms with Crippen molar-refractivity contribution in [1.82, 2.24) is 4.98 Å². The van der Waals surface area contributed by atoms with Gasteiger partial charge >= 0.3 is 0 Å². The van der Waals surface area contributed by atoms with Gasteiger partial charge in [0.1, 0.15) is 12.4 Å². The predicted octanol–water partition coefficient (Wildman–Crippen LogP) is 2.50. The Morgan fingerprint density at radius 2 is 2.03 bits per heavy atom. The molecule has 1 aliphatic rings. The number of carbonyl (C=O) groups is 2. The molecule has 29 heavy (non-hydrogen) atoms. The molecule has 0 bridgehead atoms. The van der Waals surface area contributed by atoms with Crippen molar-refractivity contribution in [3.63, 3.8) is 0 Å². The fourth-order valence-corrected chi connectivity index (χ4v) is 3.09. The molecule has 2 amide bonds. The van der Waals surface area contributed by atoms with Crippen molar-refractivity contribution in [2.24, 2.45) is 5.92 Å². The monoisotopic (exact) mass is 399 g/mol. The minimum absolute atomic E-state index is 0.0997. The van der Waals surface area contributed by atoms with Crippen molar-refractivity contribution in [3.8, 4) is 11.6 Å². The average molecular weight is 399 g/mol. The van der Waals surface area contributed by atoms with E-state index in [1.165, 1.54) is 6.20 Å². The summed E-state index contributed by atoms with van der Waals surface area (Å²) in [6.07, 6.45) is 1.68. The molecule has 1 fully saturated rings. The maximum Gasteiger partial charge on any atom is 0.229 e. The van der Waals surface area contributed by atoms with Crippen LogP contribution in [0.15, 0.2) is 42.6 Å². The van der Waals surface area contributed by atoms with Crippen LogP contribution in [0.4, 0.5) is 11.4 Å². The summed E-state index contributed by atoms with van der Waals surface area (Å²) in [5.74, 6) is 0.323. The molecule has 8 nitrogen and oxygen atoms in total. The molecular weight excluding hydrogens is 374 g/mol. The van der Waals surface area contributed by atoms with Gasteiger partial charge in [-0.15, -0.1) is 0 Å². The Balaban J connectivity index is 1.61. The fourth-order valence-electron chi connectivity index (χ4n) is 3.09. The second-order valence-electron chi connectivity index (χ2n) is 6.52. The van der Waals surface area contributed by atoms with E-state index in [1.807, 2.05) is 31.2 Å². The van der Waals surface area contributed by atoms with Crippen molar-refractivity contribution in [2.45, 2.75) is 13.3 Å². The van der Waals surface area contributed by atoms with E-state index in [2.05, 4.69) is 10.3 Å². The maximum atomic E-state index is 12.6. The standard InChI is InChI=1S/C21H25N3O5/c1-3-28-18-7-5-4-6-17(18)24-14-15(12-20(24)25)21(26)23-16-8-9-19(22-13-16)29-11-10-27-2/h4-9,13,15H,3,10-12,14H2,1-2H3,(H,23,26). The zero-order chi connectivity index (χ0) is 20.6. The average Bonchev–Trinajstić information content (AvgIpc) is 3.12. The number of methoxy groups -OCH3 is 1. The summed E-state index contributed by atoms with van der Waals surface area (Å²) in [5.41, 5.74) is 1.24. The van der Waals surface area contributed by atoms with E-state index in [0.29, 0.717) is 49.4 Å². The van der Waals surface area contributed by atoms with Gasteiger partial charge in [-0.3, -0.25) is 9.59 Å². The Bertz CT molecular complexity index is 840. The van der Waals surface area contributed by atoms with Crippen LogP contribution >= 0.6 is 0 Å². The predicted molar refractivity (Wildman–Crippen MR) is 108 cm³/mol. The number of aromatic nitrogens is 1. The summed E-state index contributed by atoms with van der Waals surface area (Å²) in [4.78, 5) is 30.9. The number of anilines is 2. The minimum atomic E-state index is -0.449. The number of hydrogen-bond donors (Lipinski definition) is 1. The molecular formula is C21H25N3O5. The first kappa shape index (κ1) is 20.6. The lowest BCUT2D eigenvalue weighted by atomic mass is 10.1. The van der Waals surface area contributed by atoms with Gasteiger partial charge in [0.15, 0.2) is 0 Å². The van der Waals surface area contributed by atoms with Gasteiger partial charge in [-0.2, -0.15) is 0 Å². The normalized spacial score (nSPS) is 16.0. The third kappa shape index (κ3) is 5.23. The van der Waals surface area contributed by atoms with E-state index >= 15 is 0 Å². The van der Waals surface area contributed by atoms with Gasteiger partial charge in [0.2, 0.25) is 17.7 Å². The van der Waals surface area contributed by atoms with Gasteiger partial charge in [0.25, 0.3) is 0 Å². The molecule has 1 N–H and O–H groups in total. The number of carbonyl (C=O) groups excluding carboxylic acids is 2. The van der Waals surface area contributed by atoms with E-state index in [-0.39, 0.29) is 18.2 Å². The largest absolute Gasteiger partial charge is 0.492 e. The summed E-state index contributed by atoms with van der Waals surface area (Å²) in [5, 5.41) is 2.82. The lowest BCUT2D eigenvalue weighted by Crippen LogP contribution is -2.28. The van der Waals surface area contributed by atoms with Crippen molar-refractivity contribution in [2.75, 3.05) is 43.7 Å². The molecule has 154 valence electrons. The molecule has 1 unspecified atom stereocenters. The number of amides is 2. The van der Waals surface area contributed by atoms with E-state index in [1.54, 1.807) is 24.1 Å². The Kier molecular flexibility index (Phi) is 7.02. The van der Waals surface area contributed by atoms with Gasteiger partial charge < -0.3 is 24.4 Å². The molecule has 1 aromatic heterocycles. The highest BCUT2D eigenvalue weighted by Crippen LogP contribution is 2.33. The molecule has 2 heterocycles. The molecule has 8 heteroatoms. The van der Waals surface area contributed by atoms with Gasteiger partial charge in [-0.05, 0) is 25.1 Å². The molecule has 1 saturated heterocycles. The first-order chi connectivity index (χ1) is 14.1. The van der Waals surface area contributed by atoms with Crippen LogP contribution < -0.4 is 19.7 Å². The Hall–Kier alpha value is -3.13. The SMILES string of the molecule is CCOc1ccccc1N1CC(C(=O)Nc2ccc(OCCOC)nc2)CC1=O. The van der Waals surface area contributed by atoms with Crippen LogP contribution in [0.5, 0.6) is 11.6 Å². The third-order valence-electron chi connectivity index (χ3n) is 4.49. The van der Waals surface area contributed by atoms with Crippen LogP contribution in [-0.2, 0) is 14.3 Å². The quantitative estimate of drug-likeness (QED) is 0.652. The Morgan fingerprint density at radius 1 is 1.21 bits per heavy atom. The van der Waals surface area contributed by atoms with Crippen LogP contribution in [0.3, 0.4) is 0 Å². The second-order valence-corrected chi connectivity index (χ2v) is 6.52. The fraction of sp³-hybridized carbons (Fsp3) is 0.381. The molecule has 0 aliphatic carbocycles. The number of benzene rings is 1. The number of hydrogen-bond acceptors (Lipinski definition) is 6. The van der Waals surface area contributed by atoms with Crippen molar-refractivity contribution >= 4 is 23.2 Å². The molecule has 2 aromatic rings. The molecule has 0 radical (unpaired) electrons. The molecule has 1 aromatic carbocycles. The highest BCUT2D eigenvalue weighted by molar-refractivity contribution is 6.04. The summed E-state index contributed by atoms with van der Waals surface area (Å²) < 4.78 is 15.9. The molecule has 1 aliphatic heterocycles. The molecule has 0 saturated carbocycles. The lowest BCUT2D eigenvalue weighted by Gasteiger charge is -2.20. The van der Waals surface area contributed by atoms with E-state index in [4.69, 9.17) is 14.2 Å². The van der Waals surface area contributed by atoms with Crippen molar-refractivity contribution in [3.05, 3.63) is 42.6 Å². The maximum absolute atomic E-state index is 12.6. The zero-order valence-electron chi connectivity index (χ0n) is 16.6. The number of nitrogens with one attached hydrogen (secondary N) is 1. The van der Waals surface area contributed by atoms with Crippen LogP contribution in [0, 0.1) is 5.92 Å². The van der Waals surface area contributed by atoms with Gasteiger partial charge in [-0.1, -0.05) is 12.1 Å². The van der Waals surface area contributed by atoms with Gasteiger partial charge in [0.05, 0.1) is 36.7 Å². The third-order valence-corrected chi connectivity index (χ3v) is 4.49. The Labute approximate surface area is 169 Å². The van der Waals surface area contributed by atoms with Gasteiger partial charge in [-0.25, -0.2) is 4.98 Å². The van der Waals surface area contributed by atoms with E-state index in [9.17, 15) is 9.59 Å². The highest BCUT2D eigenvalue weighted by atomic mass is 16.5. The van der Waals surface area contributed by atoms with Crippen LogP contribution in [0.1, 0.15) is 13.3 Å². The summed E-state index contributed by atoms with van der Waals surface area (Å²) >= 11 is 0. The number of para-hydroxylation sites is 2. The number of nitrogens with zero attached hydrogens (tertiary/aromatic N) is 2. The first-order valence-corrected chi connectivity index (χ1v) is 9.53. The number of ether oxygens (including phenoxy) is 3. The smallest absolute Gasteiger partial charge is 0.229 e. The Morgan fingerprint density at radius 3 is 2.76 bits per heavy atom. The summed E-state index contributed by atoms with van der Waals surface area (Å²) in [6, 6.07) is 10.7. The lowest BCUT2D eigenvalue weighted by molar-refractivity contribution is -0.122. The van der Waals surface area contributed by atoms with Crippen LogP contribution in [-0.4, -0.2) is 50.3 Å². The van der Waals surface area contributed by atoms with E-state index in [0.717, 1.165) is 0 Å². The highest BCUT2D eigenvalue weighted by Gasteiger charge is 2.36. The zero-order valence-corrected chi connectivity index (χ0v) is 16.6. The van der Waals surface area contributed by atoms with Crippen LogP contribution in [0.25, 0.3) is 0 Å². The molecule has 1 atom stereocenters. The van der Waals surface area contributed by atoms with Crippen LogP contribution in [0.2, 0.25) is 0 Å². The molecule has 0 spiro atoms. The van der Waals surface area contributed by atoms with Gasteiger partial charge in [0, 0.05) is 26.1 Å². The topological polar surface area (TPSA) is 90.0 Å². The summed E-state index contributed by atoms with van der Waals surface area (Å²) in [6.45, 7) is 3.57. The summed E-state index contributed by atoms with van der Waals surface area (Å²) in [7, 11) is 1.60. The second kappa shape index (κ2) is 9.88. The number of pyridine rings is 1. The van der Waals surface area contributed by atoms with E-state index < -0.39 is 5.92 Å². The first-order valence-electron chi connectivity index (χ1n) is 9.53.